The van der Waals surface area contributed by atoms with Gasteiger partial charge in [-0.05, 0) is 19.1 Å². The Kier molecular flexibility index (Phi) is 4.68. The third kappa shape index (κ3) is 3.55. The molecule has 0 fully saturated rings. The van der Waals surface area contributed by atoms with Crippen molar-refractivity contribution >= 4 is 27.6 Å². The first kappa shape index (κ1) is 13.7. The van der Waals surface area contributed by atoms with Crippen LogP contribution in [0.25, 0.3) is 0 Å². The minimum Gasteiger partial charge on any atom is -0.462 e. The van der Waals surface area contributed by atoms with E-state index >= 15 is 0 Å². The lowest BCUT2D eigenvalue weighted by Crippen LogP contribution is -2.11. The predicted octanol–water partition coefficient (Wildman–Crippen LogP) is 2.81. The van der Waals surface area contributed by atoms with E-state index in [4.69, 9.17) is 10.5 Å². The van der Waals surface area contributed by atoms with Gasteiger partial charge in [0, 0.05) is 4.47 Å². The average Bonchev–Trinajstić information content (AvgIpc) is 2.22. The molecule has 0 heterocycles. The van der Waals surface area contributed by atoms with Crippen molar-refractivity contribution in [2.24, 2.45) is 0 Å². The molecule has 94 valence electrons. The summed E-state index contributed by atoms with van der Waals surface area (Å²) in [6.07, 6.45) is 0. The normalized spacial score (nSPS) is 10.4. The number of halogens is 3. The standard InChI is InChI=1S/C10H10BrF2NO3/c1-2-16-9(15)6-3-5(11)4-7(8(6)14)17-10(12)13/h3-4,10H,2,14H2,1H3. The SMILES string of the molecule is CCOC(=O)c1cc(Br)cc(OC(F)F)c1N. The summed E-state index contributed by atoms with van der Waals surface area (Å²) in [5, 5.41) is 0. The van der Waals surface area contributed by atoms with Gasteiger partial charge in [0.2, 0.25) is 0 Å². The Balaban J connectivity index is 3.13. The van der Waals surface area contributed by atoms with Crippen LogP contribution in [0.1, 0.15) is 17.3 Å². The van der Waals surface area contributed by atoms with E-state index < -0.39 is 12.6 Å². The van der Waals surface area contributed by atoms with Crippen LogP contribution in [0.15, 0.2) is 16.6 Å². The number of nitrogens with two attached hydrogens (primary N) is 1. The van der Waals surface area contributed by atoms with E-state index in [1.165, 1.54) is 12.1 Å². The summed E-state index contributed by atoms with van der Waals surface area (Å²) in [5.74, 6) is -0.956. The number of ether oxygens (including phenoxy) is 2. The molecule has 0 aromatic heterocycles. The van der Waals surface area contributed by atoms with Crippen LogP contribution in [0.4, 0.5) is 14.5 Å². The average molecular weight is 310 g/mol. The minimum atomic E-state index is -3.01. The first-order chi connectivity index (χ1) is 7.95. The Labute approximate surface area is 105 Å². The zero-order chi connectivity index (χ0) is 13.0. The number of benzene rings is 1. The van der Waals surface area contributed by atoms with Gasteiger partial charge in [0.25, 0.3) is 0 Å². The van der Waals surface area contributed by atoms with Crippen molar-refractivity contribution in [3.05, 3.63) is 22.2 Å². The van der Waals surface area contributed by atoms with Crippen molar-refractivity contribution in [2.45, 2.75) is 13.5 Å². The molecule has 0 aliphatic heterocycles. The maximum atomic E-state index is 12.1. The smallest absolute Gasteiger partial charge is 0.387 e. The van der Waals surface area contributed by atoms with Crippen LogP contribution in [-0.4, -0.2) is 19.2 Å². The fourth-order valence-electron chi connectivity index (χ4n) is 1.16. The Hall–Kier alpha value is -1.37. The number of hydrogen-bond acceptors (Lipinski definition) is 4. The summed E-state index contributed by atoms with van der Waals surface area (Å²) < 4.78 is 33.5. The topological polar surface area (TPSA) is 61.5 Å². The quantitative estimate of drug-likeness (QED) is 0.686. The first-order valence-corrected chi connectivity index (χ1v) is 5.46. The van der Waals surface area contributed by atoms with E-state index in [2.05, 4.69) is 20.7 Å². The van der Waals surface area contributed by atoms with Gasteiger partial charge < -0.3 is 15.2 Å². The first-order valence-electron chi connectivity index (χ1n) is 4.66. The largest absolute Gasteiger partial charge is 0.462 e. The molecule has 0 atom stereocenters. The zero-order valence-electron chi connectivity index (χ0n) is 8.88. The summed E-state index contributed by atoms with van der Waals surface area (Å²) in [4.78, 5) is 11.5. The number of carbonyl (C=O) groups excluding carboxylic acids is 1. The highest BCUT2D eigenvalue weighted by Crippen LogP contribution is 2.31. The fraction of sp³-hybridized carbons (Fsp3) is 0.300. The molecule has 1 aromatic carbocycles. The number of esters is 1. The van der Waals surface area contributed by atoms with Crippen molar-refractivity contribution in [2.75, 3.05) is 12.3 Å². The molecule has 0 saturated carbocycles. The molecule has 0 unspecified atom stereocenters. The molecule has 1 rings (SSSR count). The Bertz CT molecular complexity index is 426. The number of alkyl halides is 2. The maximum absolute atomic E-state index is 12.1. The molecule has 0 aliphatic carbocycles. The summed E-state index contributed by atoms with van der Waals surface area (Å²) in [5.41, 5.74) is 5.36. The molecule has 0 bridgehead atoms. The van der Waals surface area contributed by atoms with Gasteiger partial charge in [0.1, 0.15) is 0 Å². The van der Waals surface area contributed by atoms with Crippen LogP contribution in [0, 0.1) is 0 Å². The van der Waals surface area contributed by atoms with E-state index in [0.717, 1.165) is 0 Å². The van der Waals surface area contributed by atoms with E-state index in [0.29, 0.717) is 4.47 Å². The van der Waals surface area contributed by atoms with Gasteiger partial charge in [-0.15, -0.1) is 0 Å². The molecule has 0 radical (unpaired) electrons. The third-order valence-electron chi connectivity index (χ3n) is 1.82. The van der Waals surface area contributed by atoms with Gasteiger partial charge in [-0.3, -0.25) is 0 Å². The Morgan fingerprint density at radius 1 is 1.53 bits per heavy atom. The van der Waals surface area contributed by atoms with Gasteiger partial charge in [0.05, 0.1) is 17.9 Å². The second kappa shape index (κ2) is 5.81. The molecule has 2 N–H and O–H groups in total. The lowest BCUT2D eigenvalue weighted by Gasteiger charge is -2.11. The van der Waals surface area contributed by atoms with Crippen molar-refractivity contribution in [3.63, 3.8) is 0 Å². The number of anilines is 1. The summed E-state index contributed by atoms with van der Waals surface area (Å²) in [7, 11) is 0. The minimum absolute atomic E-state index is 0.0168. The van der Waals surface area contributed by atoms with Crippen LogP contribution in [-0.2, 0) is 4.74 Å². The molecule has 7 heteroatoms. The van der Waals surface area contributed by atoms with E-state index in [1.54, 1.807) is 6.92 Å². The Morgan fingerprint density at radius 2 is 2.18 bits per heavy atom. The van der Waals surface area contributed by atoms with Gasteiger partial charge in [-0.1, -0.05) is 15.9 Å². The number of hydrogen-bond donors (Lipinski definition) is 1. The van der Waals surface area contributed by atoms with Crippen LogP contribution < -0.4 is 10.5 Å². The number of carbonyl (C=O) groups is 1. The predicted molar refractivity (Wildman–Crippen MR) is 61.1 cm³/mol. The zero-order valence-corrected chi connectivity index (χ0v) is 10.5. The van der Waals surface area contributed by atoms with Gasteiger partial charge in [0.15, 0.2) is 5.75 Å². The molecule has 1 aromatic rings. The lowest BCUT2D eigenvalue weighted by atomic mass is 10.1. The van der Waals surface area contributed by atoms with E-state index in [-0.39, 0.29) is 23.6 Å². The number of nitrogen functional groups attached to an aromatic ring is 1. The van der Waals surface area contributed by atoms with Gasteiger partial charge in [-0.2, -0.15) is 8.78 Å². The van der Waals surface area contributed by atoms with Crippen molar-refractivity contribution in [1.29, 1.82) is 0 Å². The van der Waals surface area contributed by atoms with Crippen molar-refractivity contribution in [3.8, 4) is 5.75 Å². The third-order valence-corrected chi connectivity index (χ3v) is 2.28. The van der Waals surface area contributed by atoms with Crippen LogP contribution in [0.2, 0.25) is 0 Å². The molecular weight excluding hydrogens is 300 g/mol. The van der Waals surface area contributed by atoms with E-state index in [1.807, 2.05) is 0 Å². The number of rotatable bonds is 4. The molecule has 17 heavy (non-hydrogen) atoms. The monoisotopic (exact) mass is 309 g/mol. The molecule has 4 nitrogen and oxygen atoms in total. The molecule has 0 spiro atoms. The van der Waals surface area contributed by atoms with Gasteiger partial charge in [-0.25, -0.2) is 4.79 Å². The van der Waals surface area contributed by atoms with E-state index in [9.17, 15) is 13.6 Å². The molecule has 0 aliphatic rings. The second-order valence-corrected chi connectivity index (χ2v) is 3.88. The van der Waals surface area contributed by atoms with Crippen LogP contribution in [0.3, 0.4) is 0 Å². The van der Waals surface area contributed by atoms with Crippen molar-refractivity contribution in [1.82, 2.24) is 0 Å². The highest BCUT2D eigenvalue weighted by molar-refractivity contribution is 9.10. The fourth-order valence-corrected chi connectivity index (χ4v) is 1.60. The maximum Gasteiger partial charge on any atom is 0.387 e. The molecular formula is C10H10BrF2NO3. The summed E-state index contributed by atoms with van der Waals surface area (Å²) >= 11 is 3.07. The summed E-state index contributed by atoms with van der Waals surface area (Å²) in [6, 6.07) is 2.63. The second-order valence-electron chi connectivity index (χ2n) is 2.96. The highest BCUT2D eigenvalue weighted by Gasteiger charge is 2.18. The lowest BCUT2D eigenvalue weighted by molar-refractivity contribution is -0.0494. The van der Waals surface area contributed by atoms with Gasteiger partial charge >= 0.3 is 12.6 Å². The van der Waals surface area contributed by atoms with Crippen LogP contribution in [0.5, 0.6) is 5.75 Å². The summed E-state index contributed by atoms with van der Waals surface area (Å²) in [6.45, 7) is -1.22. The van der Waals surface area contributed by atoms with Crippen molar-refractivity contribution < 1.29 is 23.0 Å². The molecule has 0 amide bonds. The molecule has 0 saturated heterocycles. The Morgan fingerprint density at radius 3 is 2.71 bits per heavy atom. The highest BCUT2D eigenvalue weighted by atomic mass is 79.9. The van der Waals surface area contributed by atoms with Crippen LogP contribution >= 0.6 is 15.9 Å².